The minimum absolute atomic E-state index is 0.301. The second kappa shape index (κ2) is 12.8. The van der Waals surface area contributed by atoms with Crippen LogP contribution < -0.4 is 10.6 Å². The number of carbonyl (C=O) groups is 3. The second-order valence-corrected chi connectivity index (χ2v) is 10.1. The van der Waals surface area contributed by atoms with Crippen molar-refractivity contribution in [1.82, 2.24) is 25.1 Å². The first-order chi connectivity index (χ1) is 17.7. The lowest BCUT2D eigenvalue weighted by Crippen LogP contribution is -2.48. The van der Waals surface area contributed by atoms with Gasteiger partial charge in [-0.3, -0.25) is 14.7 Å². The zero-order valence-electron chi connectivity index (χ0n) is 21.9. The number of ether oxygens (including phenoxy) is 1. The Morgan fingerprint density at radius 1 is 1.14 bits per heavy atom. The van der Waals surface area contributed by atoms with Crippen molar-refractivity contribution in [1.29, 1.82) is 0 Å². The fourth-order valence-corrected chi connectivity index (χ4v) is 3.73. The van der Waals surface area contributed by atoms with E-state index in [0.29, 0.717) is 31.6 Å². The summed E-state index contributed by atoms with van der Waals surface area (Å²) in [6.07, 6.45) is 6.38. The maximum Gasteiger partial charge on any atom is 0.408 e. The summed E-state index contributed by atoms with van der Waals surface area (Å²) in [6.45, 7) is 8.29. The number of nitrogens with zero attached hydrogens (tertiary/aromatic N) is 3. The molecule has 2 heterocycles. The van der Waals surface area contributed by atoms with Gasteiger partial charge in [0.25, 0.3) is 5.91 Å². The number of imidazole rings is 1. The van der Waals surface area contributed by atoms with Crippen LogP contribution in [0.3, 0.4) is 0 Å². The quantitative estimate of drug-likeness (QED) is 0.316. The number of hydrogen-bond donors (Lipinski definition) is 3. The van der Waals surface area contributed by atoms with E-state index in [0.717, 1.165) is 17.7 Å². The predicted octanol–water partition coefficient (Wildman–Crippen LogP) is 4.10. The van der Waals surface area contributed by atoms with Crippen LogP contribution in [0.5, 0.6) is 0 Å². The van der Waals surface area contributed by atoms with Gasteiger partial charge < -0.3 is 19.9 Å². The Morgan fingerprint density at radius 2 is 1.89 bits per heavy atom. The number of Topliss-reactive ketones (excluding diaryl/α,β-unsaturated/α-hetero) is 1. The standard InChI is InChI=1S/C27H36N6O4/c1-5-6-12-21(24(34)25(35)31-23-13-14-29-32-23)30-26(36)37-22(27(2,3)4)17-33-16-20(28-18-33)15-19-10-8-7-9-11-19/h7-11,13-14,16,18,21-22H,5-6,12,15,17H2,1-4H3,(H,30,36)(H2,29,31,32,35)/t21-,22-/m1/s1. The summed E-state index contributed by atoms with van der Waals surface area (Å²) in [7, 11) is 0. The third-order valence-corrected chi connectivity index (χ3v) is 5.93. The molecule has 2 aromatic heterocycles. The Bertz CT molecular complexity index is 1150. The molecule has 0 bridgehead atoms. The third-order valence-electron chi connectivity index (χ3n) is 5.93. The summed E-state index contributed by atoms with van der Waals surface area (Å²) in [6, 6.07) is 10.6. The highest BCUT2D eigenvalue weighted by Crippen LogP contribution is 2.24. The number of ketones is 1. The monoisotopic (exact) mass is 508 g/mol. The van der Waals surface area contributed by atoms with E-state index >= 15 is 0 Å². The second-order valence-electron chi connectivity index (χ2n) is 10.1. The van der Waals surface area contributed by atoms with E-state index in [2.05, 4.69) is 37.9 Å². The number of unbranched alkanes of at least 4 members (excludes halogenated alkanes) is 1. The molecule has 0 radical (unpaired) electrons. The first-order valence-electron chi connectivity index (χ1n) is 12.5. The van der Waals surface area contributed by atoms with Crippen molar-refractivity contribution in [2.45, 2.75) is 72.1 Å². The number of carbonyl (C=O) groups excluding carboxylic acids is 3. The number of rotatable bonds is 12. The van der Waals surface area contributed by atoms with Gasteiger partial charge in [0.1, 0.15) is 18.0 Å². The molecule has 0 unspecified atom stereocenters. The van der Waals surface area contributed by atoms with E-state index in [1.165, 1.54) is 12.3 Å². The fraction of sp³-hybridized carbons (Fsp3) is 0.444. The van der Waals surface area contributed by atoms with Crippen LogP contribution in [-0.4, -0.2) is 49.7 Å². The minimum atomic E-state index is -0.998. The van der Waals surface area contributed by atoms with Gasteiger partial charge >= 0.3 is 6.09 Å². The maximum absolute atomic E-state index is 12.9. The maximum atomic E-state index is 12.9. The number of H-pyrrole nitrogens is 1. The Labute approximate surface area is 217 Å². The van der Waals surface area contributed by atoms with Crippen molar-refractivity contribution in [3.8, 4) is 0 Å². The molecule has 3 N–H and O–H groups in total. The van der Waals surface area contributed by atoms with Crippen LogP contribution in [0, 0.1) is 5.41 Å². The molecule has 1 aromatic carbocycles. The average Bonchev–Trinajstić information content (AvgIpc) is 3.53. The number of alkyl carbamates (subject to hydrolysis) is 1. The van der Waals surface area contributed by atoms with Crippen molar-refractivity contribution < 1.29 is 19.1 Å². The molecule has 0 spiro atoms. The van der Waals surface area contributed by atoms with Gasteiger partial charge in [-0.15, -0.1) is 0 Å². The Hall–Kier alpha value is -3.95. The summed E-state index contributed by atoms with van der Waals surface area (Å²) in [5.74, 6) is -1.27. The molecule has 198 valence electrons. The molecule has 0 aliphatic carbocycles. The van der Waals surface area contributed by atoms with Gasteiger partial charge in [-0.05, 0) is 12.0 Å². The van der Waals surface area contributed by atoms with E-state index in [9.17, 15) is 14.4 Å². The summed E-state index contributed by atoms with van der Waals surface area (Å²) >= 11 is 0. The lowest BCUT2D eigenvalue weighted by molar-refractivity contribution is -0.136. The van der Waals surface area contributed by atoms with Gasteiger partial charge in [-0.2, -0.15) is 5.10 Å². The average molecular weight is 509 g/mol. The highest BCUT2D eigenvalue weighted by atomic mass is 16.6. The van der Waals surface area contributed by atoms with Crippen LogP contribution in [0.1, 0.15) is 58.2 Å². The van der Waals surface area contributed by atoms with Crippen LogP contribution in [0.15, 0.2) is 55.1 Å². The zero-order chi connectivity index (χ0) is 26.8. The Morgan fingerprint density at radius 3 is 2.54 bits per heavy atom. The number of aromatic nitrogens is 4. The summed E-state index contributed by atoms with van der Waals surface area (Å²) < 4.78 is 7.70. The number of anilines is 1. The highest BCUT2D eigenvalue weighted by Gasteiger charge is 2.32. The summed E-state index contributed by atoms with van der Waals surface area (Å²) in [5, 5.41) is 11.4. The number of nitrogens with one attached hydrogen (secondary N) is 3. The summed E-state index contributed by atoms with van der Waals surface area (Å²) in [4.78, 5) is 42.6. The summed E-state index contributed by atoms with van der Waals surface area (Å²) in [5.41, 5.74) is 1.69. The zero-order valence-corrected chi connectivity index (χ0v) is 21.9. The van der Waals surface area contributed by atoms with Gasteiger partial charge in [0, 0.05) is 24.1 Å². The van der Waals surface area contributed by atoms with Crippen LogP contribution in [-0.2, 0) is 27.3 Å². The molecular formula is C27H36N6O4. The van der Waals surface area contributed by atoms with E-state index in [1.54, 1.807) is 6.33 Å². The number of hydrogen-bond acceptors (Lipinski definition) is 6. The molecule has 0 fully saturated rings. The molecule has 0 aliphatic heterocycles. The molecule has 0 saturated carbocycles. The van der Waals surface area contributed by atoms with E-state index in [4.69, 9.17) is 4.74 Å². The predicted molar refractivity (Wildman–Crippen MR) is 140 cm³/mol. The van der Waals surface area contributed by atoms with Crippen LogP contribution in [0.4, 0.5) is 10.6 Å². The topological polar surface area (TPSA) is 131 Å². The van der Waals surface area contributed by atoms with E-state index < -0.39 is 29.9 Å². The molecule has 10 nitrogen and oxygen atoms in total. The van der Waals surface area contributed by atoms with Crippen molar-refractivity contribution in [2.75, 3.05) is 5.32 Å². The first-order valence-corrected chi connectivity index (χ1v) is 12.5. The molecule has 10 heteroatoms. The van der Waals surface area contributed by atoms with E-state index in [1.807, 2.05) is 56.7 Å². The van der Waals surface area contributed by atoms with E-state index in [-0.39, 0.29) is 5.41 Å². The van der Waals surface area contributed by atoms with Crippen molar-refractivity contribution in [3.05, 3.63) is 66.4 Å². The van der Waals surface area contributed by atoms with Gasteiger partial charge in [-0.25, -0.2) is 9.78 Å². The Balaban J connectivity index is 1.63. The third kappa shape index (κ3) is 8.59. The van der Waals surface area contributed by atoms with Crippen molar-refractivity contribution >= 4 is 23.6 Å². The molecular weight excluding hydrogens is 472 g/mol. The minimum Gasteiger partial charge on any atom is -0.444 e. The highest BCUT2D eigenvalue weighted by molar-refractivity contribution is 6.42. The van der Waals surface area contributed by atoms with Gasteiger partial charge in [0.15, 0.2) is 0 Å². The number of amides is 2. The smallest absolute Gasteiger partial charge is 0.408 e. The molecule has 3 rings (SSSR count). The lowest BCUT2D eigenvalue weighted by atomic mass is 9.89. The first kappa shape index (κ1) is 27.6. The normalized spacial score (nSPS) is 13.0. The number of aromatic amines is 1. The largest absolute Gasteiger partial charge is 0.444 e. The van der Waals surface area contributed by atoms with Crippen LogP contribution in [0.25, 0.3) is 0 Å². The molecule has 37 heavy (non-hydrogen) atoms. The SMILES string of the molecule is CCCC[C@@H](NC(=O)O[C@H](Cn1cnc(Cc2ccccc2)c1)C(C)(C)C)C(=O)C(=O)Nc1ccn[nH]1. The molecule has 2 atom stereocenters. The molecule has 2 amide bonds. The van der Waals surface area contributed by atoms with Crippen LogP contribution in [0.2, 0.25) is 0 Å². The lowest BCUT2D eigenvalue weighted by Gasteiger charge is -2.31. The van der Waals surface area contributed by atoms with Crippen molar-refractivity contribution in [3.63, 3.8) is 0 Å². The van der Waals surface area contributed by atoms with Crippen LogP contribution >= 0.6 is 0 Å². The number of benzene rings is 1. The van der Waals surface area contributed by atoms with Gasteiger partial charge in [-0.1, -0.05) is 70.9 Å². The molecule has 0 aliphatic rings. The molecule has 0 saturated heterocycles. The molecule has 3 aromatic rings. The van der Waals surface area contributed by atoms with Gasteiger partial charge in [0.2, 0.25) is 5.78 Å². The Kier molecular flexibility index (Phi) is 9.59. The van der Waals surface area contributed by atoms with Gasteiger partial charge in [0.05, 0.1) is 24.8 Å². The van der Waals surface area contributed by atoms with Crippen molar-refractivity contribution in [2.24, 2.45) is 5.41 Å². The fourth-order valence-electron chi connectivity index (χ4n) is 3.73.